The van der Waals surface area contributed by atoms with Crippen LogP contribution in [0.2, 0.25) is 0 Å². The van der Waals surface area contributed by atoms with Gasteiger partial charge in [-0.05, 0) is 60.9 Å². The smallest absolute Gasteiger partial charge is 0.341 e. The Kier molecular flexibility index (Phi) is 5.41. The van der Waals surface area contributed by atoms with E-state index in [9.17, 15) is 23.5 Å². The Balaban J connectivity index is 1.95. The minimum Gasteiger partial charge on any atom is -0.619 e. The van der Waals surface area contributed by atoms with E-state index in [-0.39, 0.29) is 5.56 Å². The van der Waals surface area contributed by atoms with Crippen molar-refractivity contribution in [3.8, 4) is 22.3 Å². The Morgan fingerprint density at radius 3 is 2.42 bits per heavy atom. The Hall–Kier alpha value is -3.78. The first-order chi connectivity index (χ1) is 15.5. The first-order valence-electron chi connectivity index (χ1n) is 10.1. The van der Waals surface area contributed by atoms with Gasteiger partial charge >= 0.3 is 5.97 Å². The highest BCUT2D eigenvalue weighted by molar-refractivity contribution is 7.91. The van der Waals surface area contributed by atoms with E-state index in [1.807, 2.05) is 30.3 Å². The van der Waals surface area contributed by atoms with Crippen LogP contribution < -0.4 is 4.73 Å². The molecule has 0 atom stereocenters. The Morgan fingerprint density at radius 2 is 1.73 bits per heavy atom. The second-order valence-electron chi connectivity index (χ2n) is 8.44. The molecule has 0 bridgehead atoms. The molecule has 0 spiro atoms. The molecule has 0 saturated carbocycles. The molecule has 0 aliphatic carbocycles. The second kappa shape index (κ2) is 7.97. The number of carboxylic acids is 1. The lowest BCUT2D eigenvalue weighted by atomic mass is 9.92. The van der Waals surface area contributed by atoms with E-state index in [0.717, 1.165) is 22.7 Å². The van der Waals surface area contributed by atoms with Gasteiger partial charge in [-0.3, -0.25) is 4.98 Å². The summed E-state index contributed by atoms with van der Waals surface area (Å²) in [5.41, 5.74) is 3.84. The third-order valence-corrected chi connectivity index (χ3v) is 8.01. The number of sulfone groups is 1. The van der Waals surface area contributed by atoms with Crippen LogP contribution in [0, 0.1) is 5.21 Å². The van der Waals surface area contributed by atoms with Gasteiger partial charge in [0.15, 0.2) is 22.2 Å². The van der Waals surface area contributed by atoms with Crippen LogP contribution in [0.3, 0.4) is 0 Å². The van der Waals surface area contributed by atoms with Gasteiger partial charge in [0.2, 0.25) is 0 Å². The molecule has 33 heavy (non-hydrogen) atoms. The maximum Gasteiger partial charge on any atom is 0.341 e. The molecule has 2 heterocycles. The van der Waals surface area contributed by atoms with Crippen molar-refractivity contribution in [1.29, 1.82) is 0 Å². The number of carboxylic acid groups (broad SMARTS) is 1. The fourth-order valence-corrected chi connectivity index (χ4v) is 4.21. The van der Waals surface area contributed by atoms with Crippen molar-refractivity contribution in [2.24, 2.45) is 0 Å². The van der Waals surface area contributed by atoms with E-state index in [0.29, 0.717) is 26.9 Å². The number of nitrogens with zero attached hydrogens (tertiary/aromatic N) is 2. The van der Waals surface area contributed by atoms with Crippen molar-refractivity contribution in [3.05, 3.63) is 89.5 Å². The van der Waals surface area contributed by atoms with Gasteiger partial charge in [0, 0.05) is 29.0 Å². The number of fused-ring (bicyclic) bond motifs is 1. The summed E-state index contributed by atoms with van der Waals surface area (Å²) in [7, 11) is -3.41. The number of aromatic carboxylic acids is 1. The third kappa shape index (κ3) is 4.17. The Labute approximate surface area is 191 Å². The predicted octanol–water partition coefficient (Wildman–Crippen LogP) is 4.18. The van der Waals surface area contributed by atoms with Crippen LogP contribution in [0.25, 0.3) is 33.2 Å². The quantitative estimate of drug-likeness (QED) is 0.352. The number of rotatable bonds is 5. The van der Waals surface area contributed by atoms with E-state index < -0.39 is 20.6 Å². The minimum atomic E-state index is -3.41. The second-order valence-corrected chi connectivity index (χ2v) is 11.0. The summed E-state index contributed by atoms with van der Waals surface area (Å²) in [6.45, 7) is 3.34. The summed E-state index contributed by atoms with van der Waals surface area (Å²) in [5, 5.41) is 22.1. The van der Waals surface area contributed by atoms with Gasteiger partial charge < -0.3 is 10.3 Å². The standard InChI is InChI=1S/C25H22N2O5S/c1-25(2,33(3,31)32)21-12-18-8-5-9-26-23(18)22(13-21)17-7-4-6-16(10-17)19-11-20(24(28)29)15-27(30)14-19/h4-15H,1-3H3,(H,28,29). The van der Waals surface area contributed by atoms with Gasteiger partial charge in [0.25, 0.3) is 0 Å². The van der Waals surface area contributed by atoms with Crippen molar-refractivity contribution in [2.45, 2.75) is 18.6 Å². The van der Waals surface area contributed by atoms with E-state index >= 15 is 0 Å². The van der Waals surface area contributed by atoms with Crippen molar-refractivity contribution in [2.75, 3.05) is 6.26 Å². The average Bonchev–Trinajstić information content (AvgIpc) is 2.77. The van der Waals surface area contributed by atoms with Gasteiger partial charge in [-0.15, -0.1) is 0 Å². The minimum absolute atomic E-state index is 0.114. The molecular formula is C25H22N2O5S. The number of benzene rings is 2. The maximum atomic E-state index is 12.5. The Bertz CT molecular complexity index is 1510. The van der Waals surface area contributed by atoms with Crippen LogP contribution in [0.4, 0.5) is 0 Å². The summed E-state index contributed by atoms with van der Waals surface area (Å²) in [4.78, 5) is 15.9. The fraction of sp³-hybridized carbons (Fsp3) is 0.160. The lowest BCUT2D eigenvalue weighted by molar-refractivity contribution is -0.605. The van der Waals surface area contributed by atoms with Gasteiger partial charge in [-0.1, -0.05) is 24.3 Å². The average molecular weight is 463 g/mol. The molecule has 2 aromatic carbocycles. The molecule has 7 nitrogen and oxygen atoms in total. The highest BCUT2D eigenvalue weighted by Crippen LogP contribution is 2.37. The first kappa shape index (κ1) is 22.4. The first-order valence-corrected chi connectivity index (χ1v) is 12.0. The number of pyridine rings is 2. The summed E-state index contributed by atoms with van der Waals surface area (Å²) >= 11 is 0. The SMILES string of the molecule is CC(C)(c1cc(-c2cccc(-c3cc(C(=O)O)c[n+]([O-])c3)c2)c2ncccc2c1)S(C)(=O)=O. The topological polar surface area (TPSA) is 111 Å². The number of hydrogen-bond acceptors (Lipinski definition) is 5. The molecule has 0 unspecified atom stereocenters. The molecule has 8 heteroatoms. The van der Waals surface area contributed by atoms with Crippen LogP contribution >= 0.6 is 0 Å². The summed E-state index contributed by atoms with van der Waals surface area (Å²) < 4.78 is 24.4. The highest BCUT2D eigenvalue weighted by Gasteiger charge is 2.33. The number of carbonyl (C=O) groups is 1. The van der Waals surface area contributed by atoms with Gasteiger partial charge in [-0.2, -0.15) is 4.73 Å². The van der Waals surface area contributed by atoms with Crippen LogP contribution in [0.1, 0.15) is 29.8 Å². The molecule has 0 radical (unpaired) electrons. The maximum absolute atomic E-state index is 12.5. The largest absolute Gasteiger partial charge is 0.619 e. The van der Waals surface area contributed by atoms with Crippen molar-refractivity contribution >= 4 is 26.7 Å². The molecule has 0 aliphatic rings. The third-order valence-electron chi connectivity index (χ3n) is 5.92. The molecule has 0 aliphatic heterocycles. The molecule has 4 rings (SSSR count). The van der Waals surface area contributed by atoms with E-state index in [4.69, 9.17) is 0 Å². The zero-order valence-corrected chi connectivity index (χ0v) is 19.1. The van der Waals surface area contributed by atoms with Crippen molar-refractivity contribution in [1.82, 2.24) is 4.98 Å². The number of hydrogen-bond donors (Lipinski definition) is 1. The van der Waals surface area contributed by atoms with Crippen LogP contribution in [-0.4, -0.2) is 30.7 Å². The summed E-state index contributed by atoms with van der Waals surface area (Å²) in [6, 6.07) is 16.1. The lowest BCUT2D eigenvalue weighted by Gasteiger charge is -2.24. The van der Waals surface area contributed by atoms with Gasteiger partial charge in [0.1, 0.15) is 5.56 Å². The van der Waals surface area contributed by atoms with E-state index in [1.54, 1.807) is 38.2 Å². The Morgan fingerprint density at radius 1 is 1.00 bits per heavy atom. The van der Waals surface area contributed by atoms with Crippen molar-refractivity contribution < 1.29 is 23.0 Å². The van der Waals surface area contributed by atoms with Crippen LogP contribution in [0.15, 0.2) is 73.2 Å². The highest BCUT2D eigenvalue weighted by atomic mass is 32.2. The zero-order chi connectivity index (χ0) is 24.0. The lowest BCUT2D eigenvalue weighted by Crippen LogP contribution is -2.28. The normalized spacial score (nSPS) is 12.1. The van der Waals surface area contributed by atoms with Gasteiger partial charge in [0.05, 0.1) is 10.3 Å². The molecule has 0 fully saturated rings. The van der Waals surface area contributed by atoms with Crippen LogP contribution in [0.5, 0.6) is 0 Å². The zero-order valence-electron chi connectivity index (χ0n) is 18.3. The predicted molar refractivity (Wildman–Crippen MR) is 126 cm³/mol. The molecule has 2 aromatic heterocycles. The summed E-state index contributed by atoms with van der Waals surface area (Å²) in [6.07, 6.45) is 5.21. The molecule has 1 N–H and O–H groups in total. The van der Waals surface area contributed by atoms with Crippen molar-refractivity contribution in [3.63, 3.8) is 0 Å². The summed E-state index contributed by atoms with van der Waals surface area (Å²) in [5.74, 6) is -1.19. The monoisotopic (exact) mass is 462 g/mol. The molecule has 4 aromatic rings. The van der Waals surface area contributed by atoms with Crippen LogP contribution in [-0.2, 0) is 14.6 Å². The van der Waals surface area contributed by atoms with Gasteiger partial charge in [-0.25, -0.2) is 13.2 Å². The van der Waals surface area contributed by atoms with E-state index in [1.165, 1.54) is 18.5 Å². The van der Waals surface area contributed by atoms with E-state index in [2.05, 4.69) is 4.98 Å². The molecule has 168 valence electrons. The molecule has 0 saturated heterocycles. The number of aromatic nitrogens is 2. The fourth-order valence-electron chi connectivity index (χ4n) is 3.67. The molecular weight excluding hydrogens is 440 g/mol. The molecule has 0 amide bonds.